The number of nitrogens with one attached hydrogen (secondary N) is 1. The van der Waals surface area contributed by atoms with Crippen LogP contribution in [-0.4, -0.2) is 46.4 Å². The smallest absolute Gasteiger partial charge is 0.310 e. The van der Waals surface area contributed by atoms with Crippen LogP contribution in [0.15, 0.2) is 18.2 Å². The van der Waals surface area contributed by atoms with Gasteiger partial charge in [-0.25, -0.2) is 4.98 Å². The maximum absolute atomic E-state index is 12.6. The predicted octanol–water partition coefficient (Wildman–Crippen LogP) is 2.22. The standard InChI is InChI=1S/C18H23N3O3/c1-3-24-18(23)14-5-4-8-21(11-14)17(22)10-13-6-7-15-16(9-13)20-12(2)19-15/h6-7,9,14H,3-5,8,10-11H2,1-2H3,(H,19,20). The van der Waals surface area contributed by atoms with Crippen LogP contribution in [0.5, 0.6) is 0 Å². The average molecular weight is 329 g/mol. The zero-order valence-electron chi connectivity index (χ0n) is 14.2. The lowest BCUT2D eigenvalue weighted by molar-refractivity contribution is -0.151. The molecule has 0 aliphatic carbocycles. The van der Waals surface area contributed by atoms with Crippen LogP contribution in [0.4, 0.5) is 0 Å². The molecule has 24 heavy (non-hydrogen) atoms. The second-order valence-corrected chi connectivity index (χ2v) is 6.28. The number of aromatic amines is 1. The molecule has 1 amide bonds. The van der Waals surface area contributed by atoms with Gasteiger partial charge in [0, 0.05) is 13.1 Å². The van der Waals surface area contributed by atoms with E-state index in [1.807, 2.05) is 25.1 Å². The number of benzene rings is 1. The maximum atomic E-state index is 12.6. The molecule has 0 bridgehead atoms. The number of aryl methyl sites for hydroxylation is 1. The monoisotopic (exact) mass is 329 g/mol. The molecule has 1 saturated heterocycles. The summed E-state index contributed by atoms with van der Waals surface area (Å²) in [5.41, 5.74) is 2.80. The zero-order valence-corrected chi connectivity index (χ0v) is 14.2. The second-order valence-electron chi connectivity index (χ2n) is 6.28. The first-order valence-corrected chi connectivity index (χ1v) is 8.46. The third-order valence-electron chi connectivity index (χ3n) is 4.41. The number of H-pyrrole nitrogens is 1. The van der Waals surface area contributed by atoms with Gasteiger partial charge in [-0.05, 0) is 44.4 Å². The van der Waals surface area contributed by atoms with Gasteiger partial charge in [-0.1, -0.05) is 6.07 Å². The Bertz CT molecular complexity index is 753. The van der Waals surface area contributed by atoms with Gasteiger partial charge in [0.1, 0.15) is 5.82 Å². The van der Waals surface area contributed by atoms with Gasteiger partial charge in [-0.15, -0.1) is 0 Å². The van der Waals surface area contributed by atoms with Gasteiger partial charge in [0.25, 0.3) is 0 Å². The van der Waals surface area contributed by atoms with Gasteiger partial charge in [0.15, 0.2) is 0 Å². The first-order valence-electron chi connectivity index (χ1n) is 8.46. The fourth-order valence-corrected chi connectivity index (χ4v) is 3.24. The molecule has 0 spiro atoms. The lowest BCUT2D eigenvalue weighted by Gasteiger charge is -2.31. The third-order valence-corrected chi connectivity index (χ3v) is 4.41. The number of imidazole rings is 1. The van der Waals surface area contributed by atoms with Crippen molar-refractivity contribution in [3.8, 4) is 0 Å². The van der Waals surface area contributed by atoms with Crippen molar-refractivity contribution in [2.75, 3.05) is 19.7 Å². The molecule has 0 saturated carbocycles. The van der Waals surface area contributed by atoms with Crippen molar-refractivity contribution in [1.29, 1.82) is 0 Å². The minimum atomic E-state index is -0.194. The molecule has 1 fully saturated rings. The molecular formula is C18H23N3O3. The van der Waals surface area contributed by atoms with E-state index in [9.17, 15) is 9.59 Å². The van der Waals surface area contributed by atoms with Gasteiger partial charge in [0.05, 0.1) is 30.0 Å². The van der Waals surface area contributed by atoms with E-state index in [0.29, 0.717) is 26.1 Å². The highest BCUT2D eigenvalue weighted by Gasteiger charge is 2.29. The first-order chi connectivity index (χ1) is 11.6. The van der Waals surface area contributed by atoms with Crippen molar-refractivity contribution in [2.24, 2.45) is 5.92 Å². The Balaban J connectivity index is 1.65. The summed E-state index contributed by atoms with van der Waals surface area (Å²) in [5, 5.41) is 0. The maximum Gasteiger partial charge on any atom is 0.310 e. The lowest BCUT2D eigenvalue weighted by Crippen LogP contribution is -2.43. The molecule has 3 rings (SSSR count). The van der Waals surface area contributed by atoms with E-state index < -0.39 is 0 Å². The summed E-state index contributed by atoms with van der Waals surface area (Å²) < 4.78 is 5.09. The van der Waals surface area contributed by atoms with Crippen molar-refractivity contribution in [2.45, 2.75) is 33.1 Å². The fraction of sp³-hybridized carbons (Fsp3) is 0.500. The van der Waals surface area contributed by atoms with Gasteiger partial charge in [0.2, 0.25) is 5.91 Å². The SMILES string of the molecule is CCOC(=O)C1CCCN(C(=O)Cc2ccc3nc(C)[nH]c3c2)C1. The topological polar surface area (TPSA) is 75.3 Å². The number of amides is 1. The Labute approximate surface area is 141 Å². The number of rotatable bonds is 4. The van der Waals surface area contributed by atoms with E-state index in [-0.39, 0.29) is 17.8 Å². The Morgan fingerprint density at radius 3 is 3.04 bits per heavy atom. The van der Waals surface area contributed by atoms with Crippen LogP contribution in [0, 0.1) is 12.8 Å². The molecule has 1 aliphatic heterocycles. The molecule has 6 heteroatoms. The lowest BCUT2D eigenvalue weighted by atomic mass is 9.97. The number of aromatic nitrogens is 2. The van der Waals surface area contributed by atoms with Gasteiger partial charge < -0.3 is 14.6 Å². The van der Waals surface area contributed by atoms with Crippen molar-refractivity contribution >= 4 is 22.9 Å². The number of carbonyl (C=O) groups is 2. The number of nitrogens with zero attached hydrogens (tertiary/aromatic N) is 2. The summed E-state index contributed by atoms with van der Waals surface area (Å²) >= 11 is 0. The highest BCUT2D eigenvalue weighted by Crippen LogP contribution is 2.20. The normalized spacial score (nSPS) is 17.9. The summed E-state index contributed by atoms with van der Waals surface area (Å²) in [6, 6.07) is 5.84. The molecule has 1 aromatic carbocycles. The molecule has 1 N–H and O–H groups in total. The van der Waals surface area contributed by atoms with Crippen molar-refractivity contribution in [1.82, 2.24) is 14.9 Å². The Morgan fingerprint density at radius 2 is 2.25 bits per heavy atom. The van der Waals surface area contributed by atoms with Crippen LogP contribution in [0.2, 0.25) is 0 Å². The molecule has 6 nitrogen and oxygen atoms in total. The molecule has 1 unspecified atom stereocenters. The van der Waals surface area contributed by atoms with Gasteiger partial charge in [-0.2, -0.15) is 0 Å². The summed E-state index contributed by atoms with van der Waals surface area (Å²) in [5.74, 6) is 0.533. The number of esters is 1. The number of piperidine rings is 1. The number of carbonyl (C=O) groups excluding carboxylic acids is 2. The summed E-state index contributed by atoms with van der Waals surface area (Å²) in [4.78, 5) is 33.8. The minimum absolute atomic E-state index is 0.0552. The molecule has 1 atom stereocenters. The van der Waals surface area contributed by atoms with E-state index in [4.69, 9.17) is 4.74 Å². The van der Waals surface area contributed by atoms with Crippen LogP contribution in [0.3, 0.4) is 0 Å². The van der Waals surface area contributed by atoms with Crippen LogP contribution < -0.4 is 0 Å². The van der Waals surface area contributed by atoms with Crippen LogP contribution in [0.25, 0.3) is 11.0 Å². The van der Waals surface area contributed by atoms with Crippen LogP contribution >= 0.6 is 0 Å². The van der Waals surface area contributed by atoms with Crippen LogP contribution in [0.1, 0.15) is 31.2 Å². The summed E-state index contributed by atoms with van der Waals surface area (Å²) in [7, 11) is 0. The highest BCUT2D eigenvalue weighted by atomic mass is 16.5. The number of fused-ring (bicyclic) bond motifs is 1. The molecule has 1 aromatic heterocycles. The summed E-state index contributed by atoms with van der Waals surface area (Å²) in [6.07, 6.45) is 1.97. The average Bonchev–Trinajstić information content (AvgIpc) is 2.94. The highest BCUT2D eigenvalue weighted by molar-refractivity contribution is 5.82. The van der Waals surface area contributed by atoms with Gasteiger partial charge >= 0.3 is 5.97 Å². The Kier molecular flexibility index (Phi) is 4.83. The summed E-state index contributed by atoms with van der Waals surface area (Å²) in [6.45, 7) is 5.27. The Morgan fingerprint density at radius 1 is 1.42 bits per heavy atom. The van der Waals surface area contributed by atoms with Gasteiger partial charge in [-0.3, -0.25) is 9.59 Å². The molecule has 0 radical (unpaired) electrons. The van der Waals surface area contributed by atoms with Crippen molar-refractivity contribution < 1.29 is 14.3 Å². The van der Waals surface area contributed by atoms with Crippen molar-refractivity contribution in [3.63, 3.8) is 0 Å². The third kappa shape index (κ3) is 3.58. The number of likely N-dealkylation sites (tertiary alicyclic amines) is 1. The number of hydrogen-bond donors (Lipinski definition) is 1. The molecular weight excluding hydrogens is 306 g/mol. The quantitative estimate of drug-likeness (QED) is 0.873. The Hall–Kier alpha value is -2.37. The van der Waals surface area contributed by atoms with E-state index in [1.54, 1.807) is 11.8 Å². The zero-order chi connectivity index (χ0) is 17.1. The second kappa shape index (κ2) is 7.03. The van der Waals surface area contributed by atoms with E-state index >= 15 is 0 Å². The first kappa shape index (κ1) is 16.5. The van der Waals surface area contributed by atoms with E-state index in [1.165, 1.54) is 0 Å². The number of hydrogen-bond acceptors (Lipinski definition) is 4. The molecule has 128 valence electrons. The largest absolute Gasteiger partial charge is 0.466 e. The minimum Gasteiger partial charge on any atom is -0.466 e. The predicted molar refractivity (Wildman–Crippen MR) is 90.5 cm³/mol. The van der Waals surface area contributed by atoms with E-state index in [2.05, 4.69) is 9.97 Å². The molecule has 2 heterocycles. The van der Waals surface area contributed by atoms with E-state index in [0.717, 1.165) is 35.3 Å². The molecule has 2 aromatic rings. The fourth-order valence-electron chi connectivity index (χ4n) is 3.24. The van der Waals surface area contributed by atoms with Crippen molar-refractivity contribution in [3.05, 3.63) is 29.6 Å². The number of ether oxygens (including phenoxy) is 1. The molecule has 1 aliphatic rings. The van der Waals surface area contributed by atoms with Crippen LogP contribution in [-0.2, 0) is 20.7 Å².